The number of nitrogens with zero attached hydrogens (tertiary/aromatic N) is 3. The van der Waals surface area contributed by atoms with E-state index in [0.717, 1.165) is 48.9 Å². The smallest absolute Gasteiger partial charge is 0.277 e. The molecule has 0 aliphatic heterocycles. The zero-order valence-corrected chi connectivity index (χ0v) is 26.0. The maximum absolute atomic E-state index is 12.4. The summed E-state index contributed by atoms with van der Waals surface area (Å²) >= 11 is 9.92. The van der Waals surface area contributed by atoms with Crippen molar-refractivity contribution in [2.24, 2.45) is 5.10 Å². The van der Waals surface area contributed by atoms with E-state index in [2.05, 4.69) is 55.7 Å². The van der Waals surface area contributed by atoms with E-state index in [0.29, 0.717) is 23.4 Å². The molecular formula is C35H26BrClN4O3. The number of amides is 1. The van der Waals surface area contributed by atoms with E-state index in [1.807, 2.05) is 85.8 Å². The number of carbonyl (C=O) groups is 1. The Morgan fingerprint density at radius 2 is 1.66 bits per heavy atom. The Balaban J connectivity index is 1.10. The van der Waals surface area contributed by atoms with Gasteiger partial charge in [-0.25, -0.2) is 15.4 Å². The highest BCUT2D eigenvalue weighted by Gasteiger charge is 2.11. The first kappa shape index (κ1) is 29.3. The van der Waals surface area contributed by atoms with E-state index in [1.165, 1.54) is 6.21 Å². The van der Waals surface area contributed by atoms with Gasteiger partial charge in [-0.2, -0.15) is 5.10 Å². The molecule has 0 saturated carbocycles. The molecule has 218 valence electrons. The highest BCUT2D eigenvalue weighted by Crippen LogP contribution is 2.34. The lowest BCUT2D eigenvalue weighted by molar-refractivity contribution is -0.123. The predicted molar refractivity (Wildman–Crippen MR) is 179 cm³/mol. The number of pyridine rings is 2. The van der Waals surface area contributed by atoms with Crippen LogP contribution in [0.4, 0.5) is 0 Å². The van der Waals surface area contributed by atoms with Crippen LogP contribution in [0.1, 0.15) is 12.5 Å². The molecule has 6 aromatic rings. The number of ether oxygens (including phenoxy) is 2. The normalized spacial score (nSPS) is 11.2. The standard InChI is InChI=1S/C35H26BrClN4O3/c1-2-43-28-14-10-24-16-25(35(37)40-32(24)18-28)20-38-41-34(42)21-44-27-12-8-23(9-13-27)33-19-29(22-6-4-3-5-7-22)30-17-26(36)11-15-31(30)39-33/h3-20H,2,21H2,1H3,(H,41,42)/b38-20+. The van der Waals surface area contributed by atoms with Gasteiger partial charge in [-0.05, 0) is 84.8 Å². The lowest BCUT2D eigenvalue weighted by atomic mass is 9.98. The van der Waals surface area contributed by atoms with Crippen molar-refractivity contribution >= 4 is 61.5 Å². The summed E-state index contributed by atoms with van der Waals surface area (Å²) in [6, 6.07) is 33.4. The Morgan fingerprint density at radius 3 is 2.45 bits per heavy atom. The first-order valence-corrected chi connectivity index (χ1v) is 15.1. The van der Waals surface area contributed by atoms with E-state index in [4.69, 9.17) is 26.1 Å². The number of carbonyl (C=O) groups excluding carboxylic acids is 1. The molecule has 2 heterocycles. The third-order valence-electron chi connectivity index (χ3n) is 6.85. The van der Waals surface area contributed by atoms with Gasteiger partial charge in [0.05, 0.1) is 29.5 Å². The van der Waals surface area contributed by atoms with Gasteiger partial charge in [0.25, 0.3) is 5.91 Å². The minimum Gasteiger partial charge on any atom is -0.494 e. The SMILES string of the molecule is CCOc1ccc2cc(/C=N/NC(=O)COc3ccc(-c4cc(-c5ccccc5)c5cc(Br)ccc5n4)cc3)c(Cl)nc2c1. The molecule has 1 amide bonds. The second kappa shape index (κ2) is 13.2. The molecule has 9 heteroatoms. The number of hydrazone groups is 1. The minimum absolute atomic E-state index is 0.206. The van der Waals surface area contributed by atoms with Crippen molar-refractivity contribution in [3.63, 3.8) is 0 Å². The topological polar surface area (TPSA) is 85.7 Å². The van der Waals surface area contributed by atoms with Crippen LogP contribution in [0.3, 0.4) is 0 Å². The van der Waals surface area contributed by atoms with Crippen LogP contribution in [0.25, 0.3) is 44.2 Å². The molecule has 4 aromatic carbocycles. The van der Waals surface area contributed by atoms with Crippen LogP contribution in [0.2, 0.25) is 5.15 Å². The summed E-state index contributed by atoms with van der Waals surface area (Å²) in [5, 5.41) is 6.23. The molecule has 0 fully saturated rings. The maximum atomic E-state index is 12.4. The van der Waals surface area contributed by atoms with Crippen LogP contribution in [0.15, 0.2) is 113 Å². The van der Waals surface area contributed by atoms with Crippen molar-refractivity contribution in [2.75, 3.05) is 13.2 Å². The van der Waals surface area contributed by atoms with Gasteiger partial charge in [-0.1, -0.05) is 57.9 Å². The fourth-order valence-electron chi connectivity index (χ4n) is 4.77. The molecule has 0 bridgehead atoms. The third-order valence-corrected chi connectivity index (χ3v) is 7.65. The van der Waals surface area contributed by atoms with Crippen molar-refractivity contribution in [3.8, 4) is 33.9 Å². The molecule has 0 aliphatic carbocycles. The van der Waals surface area contributed by atoms with Crippen molar-refractivity contribution < 1.29 is 14.3 Å². The van der Waals surface area contributed by atoms with Crippen molar-refractivity contribution in [3.05, 3.63) is 118 Å². The predicted octanol–water partition coefficient (Wildman–Crippen LogP) is 8.46. The molecular weight excluding hydrogens is 640 g/mol. The van der Waals surface area contributed by atoms with Gasteiger partial charge in [0.15, 0.2) is 6.61 Å². The summed E-state index contributed by atoms with van der Waals surface area (Å²) in [5.74, 6) is 0.864. The second-order valence-corrected chi connectivity index (χ2v) is 11.1. The largest absolute Gasteiger partial charge is 0.494 e. The number of nitrogens with one attached hydrogen (secondary N) is 1. The number of aromatic nitrogens is 2. The van der Waals surface area contributed by atoms with E-state index in [9.17, 15) is 4.79 Å². The van der Waals surface area contributed by atoms with Crippen LogP contribution in [-0.2, 0) is 4.79 Å². The summed E-state index contributed by atoms with van der Waals surface area (Å²) in [6.45, 7) is 2.28. The van der Waals surface area contributed by atoms with Crippen LogP contribution in [-0.4, -0.2) is 35.3 Å². The lowest BCUT2D eigenvalue weighted by Gasteiger charge is -2.11. The number of hydrogen-bond donors (Lipinski definition) is 1. The minimum atomic E-state index is -0.411. The summed E-state index contributed by atoms with van der Waals surface area (Å²) < 4.78 is 12.2. The number of fused-ring (bicyclic) bond motifs is 2. The highest BCUT2D eigenvalue weighted by atomic mass is 79.9. The second-order valence-electron chi connectivity index (χ2n) is 9.84. The van der Waals surface area contributed by atoms with E-state index in [1.54, 1.807) is 0 Å². The lowest BCUT2D eigenvalue weighted by Crippen LogP contribution is -2.24. The van der Waals surface area contributed by atoms with Gasteiger partial charge in [-0.3, -0.25) is 4.79 Å². The molecule has 0 unspecified atom stereocenters. The molecule has 0 spiro atoms. The van der Waals surface area contributed by atoms with Crippen LogP contribution in [0.5, 0.6) is 11.5 Å². The van der Waals surface area contributed by atoms with Crippen molar-refractivity contribution in [1.82, 2.24) is 15.4 Å². The zero-order valence-electron chi connectivity index (χ0n) is 23.6. The van der Waals surface area contributed by atoms with Crippen molar-refractivity contribution in [1.29, 1.82) is 0 Å². The third kappa shape index (κ3) is 6.72. The average Bonchev–Trinajstić information content (AvgIpc) is 3.04. The molecule has 0 aliphatic rings. The first-order valence-electron chi connectivity index (χ1n) is 13.9. The number of benzene rings is 4. The van der Waals surface area contributed by atoms with Crippen molar-refractivity contribution in [2.45, 2.75) is 6.92 Å². The monoisotopic (exact) mass is 664 g/mol. The van der Waals surface area contributed by atoms with Gasteiger partial charge in [-0.15, -0.1) is 0 Å². The molecule has 0 saturated heterocycles. The highest BCUT2D eigenvalue weighted by molar-refractivity contribution is 9.10. The van der Waals surface area contributed by atoms with Gasteiger partial charge in [0.1, 0.15) is 16.7 Å². The molecule has 0 atom stereocenters. The van der Waals surface area contributed by atoms with E-state index in [-0.39, 0.29) is 11.8 Å². The van der Waals surface area contributed by atoms with E-state index >= 15 is 0 Å². The molecule has 7 nitrogen and oxygen atoms in total. The number of hydrogen-bond acceptors (Lipinski definition) is 6. The average molecular weight is 666 g/mol. The first-order chi connectivity index (χ1) is 21.5. The Morgan fingerprint density at radius 1 is 0.864 bits per heavy atom. The maximum Gasteiger partial charge on any atom is 0.277 e. The molecule has 6 rings (SSSR count). The van der Waals surface area contributed by atoms with Crippen LogP contribution >= 0.6 is 27.5 Å². The quantitative estimate of drug-likeness (QED) is 0.0952. The van der Waals surface area contributed by atoms with Gasteiger partial charge >= 0.3 is 0 Å². The fraction of sp³-hybridized carbons (Fsp3) is 0.0857. The zero-order chi connectivity index (χ0) is 30.5. The fourth-order valence-corrected chi connectivity index (χ4v) is 5.32. The summed E-state index contributed by atoms with van der Waals surface area (Å²) in [6.07, 6.45) is 1.46. The Kier molecular flexibility index (Phi) is 8.81. The Bertz CT molecular complexity index is 2000. The molecule has 44 heavy (non-hydrogen) atoms. The summed E-state index contributed by atoms with van der Waals surface area (Å²) in [4.78, 5) is 21.7. The van der Waals surface area contributed by atoms with Crippen LogP contribution in [0, 0.1) is 0 Å². The summed E-state index contributed by atoms with van der Waals surface area (Å²) in [5.41, 5.74) is 8.64. The molecule has 2 aromatic heterocycles. The van der Waals surface area contributed by atoms with Gasteiger partial charge in [0.2, 0.25) is 0 Å². The number of rotatable bonds is 9. The molecule has 1 N–H and O–H groups in total. The van der Waals surface area contributed by atoms with Gasteiger partial charge < -0.3 is 9.47 Å². The Labute approximate surface area is 267 Å². The Hall–Kier alpha value is -4.79. The van der Waals surface area contributed by atoms with Crippen LogP contribution < -0.4 is 14.9 Å². The summed E-state index contributed by atoms with van der Waals surface area (Å²) in [7, 11) is 0. The molecule has 0 radical (unpaired) electrons. The van der Waals surface area contributed by atoms with E-state index < -0.39 is 5.91 Å². The van der Waals surface area contributed by atoms with Gasteiger partial charge in [0, 0.05) is 32.4 Å². The number of halogens is 2.